The van der Waals surface area contributed by atoms with E-state index in [2.05, 4.69) is 23.3 Å². The van der Waals surface area contributed by atoms with Gasteiger partial charge in [0.25, 0.3) is 0 Å². The van der Waals surface area contributed by atoms with Crippen LogP contribution in [0.1, 0.15) is 30.2 Å². The summed E-state index contributed by atoms with van der Waals surface area (Å²) in [5.74, 6) is 0. The number of hydrogen-bond donors (Lipinski definition) is 1. The van der Waals surface area contributed by atoms with Crippen LogP contribution in [0.5, 0.6) is 0 Å². The highest BCUT2D eigenvalue weighted by Gasteiger charge is 2.23. The molecule has 2 heterocycles. The Kier molecular flexibility index (Phi) is 3.95. The third-order valence-electron chi connectivity index (χ3n) is 3.26. The lowest BCUT2D eigenvalue weighted by Crippen LogP contribution is -2.40. The lowest BCUT2D eigenvalue weighted by molar-refractivity contribution is 0.179. The number of thiocarbonyl (C=S) groups is 1. The van der Waals surface area contributed by atoms with Crippen molar-refractivity contribution in [3.05, 3.63) is 21.9 Å². The molecular formula is C12H18N2S2. The third kappa shape index (κ3) is 2.62. The second-order valence-corrected chi connectivity index (χ2v) is 5.85. The molecule has 0 aromatic carbocycles. The molecule has 16 heavy (non-hydrogen) atoms. The van der Waals surface area contributed by atoms with Crippen LogP contribution in [0.25, 0.3) is 0 Å². The first-order valence-corrected chi connectivity index (χ1v) is 7.07. The minimum absolute atomic E-state index is 0.519. The number of hydrogen-bond acceptors (Lipinski definition) is 3. The summed E-state index contributed by atoms with van der Waals surface area (Å²) in [5, 5.41) is 2.20. The van der Waals surface area contributed by atoms with E-state index in [9.17, 15) is 0 Å². The molecular weight excluding hydrogens is 236 g/mol. The molecule has 2 nitrogen and oxygen atoms in total. The molecule has 1 atom stereocenters. The highest BCUT2D eigenvalue weighted by molar-refractivity contribution is 7.80. The first-order valence-electron chi connectivity index (χ1n) is 5.78. The van der Waals surface area contributed by atoms with E-state index in [0.717, 1.165) is 25.9 Å². The lowest BCUT2D eigenvalue weighted by atomic mass is 10.0. The van der Waals surface area contributed by atoms with E-state index in [1.54, 1.807) is 4.88 Å². The van der Waals surface area contributed by atoms with Crippen LogP contribution in [0.4, 0.5) is 0 Å². The highest BCUT2D eigenvalue weighted by Crippen LogP contribution is 2.26. The van der Waals surface area contributed by atoms with Gasteiger partial charge in [0.2, 0.25) is 0 Å². The van der Waals surface area contributed by atoms with E-state index in [-0.39, 0.29) is 0 Å². The normalized spacial score (nSPS) is 18.1. The fourth-order valence-corrected chi connectivity index (χ4v) is 3.43. The van der Waals surface area contributed by atoms with Crippen LogP contribution in [-0.2, 0) is 13.0 Å². The van der Waals surface area contributed by atoms with Crippen LogP contribution in [0.2, 0.25) is 0 Å². The Balaban J connectivity index is 2.03. The van der Waals surface area contributed by atoms with Crippen LogP contribution in [0.15, 0.2) is 11.4 Å². The van der Waals surface area contributed by atoms with E-state index in [4.69, 9.17) is 18.0 Å². The van der Waals surface area contributed by atoms with Gasteiger partial charge in [-0.3, -0.25) is 4.90 Å². The summed E-state index contributed by atoms with van der Waals surface area (Å²) in [6, 6.07) is 2.77. The monoisotopic (exact) mass is 254 g/mol. The van der Waals surface area contributed by atoms with E-state index < -0.39 is 0 Å². The van der Waals surface area contributed by atoms with E-state index >= 15 is 0 Å². The SMILES string of the molecule is CCC(CC(N)=S)N1CCc2sccc2C1. The smallest absolute Gasteiger partial charge is 0.0743 e. The van der Waals surface area contributed by atoms with Crippen molar-refractivity contribution in [3.63, 3.8) is 0 Å². The molecule has 0 spiro atoms. The molecule has 0 amide bonds. The average molecular weight is 254 g/mol. The van der Waals surface area contributed by atoms with Gasteiger partial charge in [-0.05, 0) is 29.9 Å². The van der Waals surface area contributed by atoms with Gasteiger partial charge < -0.3 is 5.73 Å². The van der Waals surface area contributed by atoms with Crippen molar-refractivity contribution in [1.82, 2.24) is 4.90 Å². The van der Waals surface area contributed by atoms with Gasteiger partial charge in [0, 0.05) is 30.4 Å². The first-order chi connectivity index (χ1) is 7.70. The van der Waals surface area contributed by atoms with Gasteiger partial charge in [-0.25, -0.2) is 0 Å². The average Bonchev–Trinajstić information content (AvgIpc) is 2.72. The molecule has 0 saturated carbocycles. The second kappa shape index (κ2) is 5.25. The summed E-state index contributed by atoms with van der Waals surface area (Å²) in [4.78, 5) is 4.72. The minimum Gasteiger partial charge on any atom is -0.393 e. The van der Waals surface area contributed by atoms with Gasteiger partial charge in [-0.2, -0.15) is 0 Å². The van der Waals surface area contributed by atoms with Crippen LogP contribution < -0.4 is 5.73 Å². The Morgan fingerprint density at radius 1 is 1.69 bits per heavy atom. The summed E-state index contributed by atoms with van der Waals surface area (Å²) >= 11 is 6.91. The van der Waals surface area contributed by atoms with Crippen molar-refractivity contribution in [2.75, 3.05) is 6.54 Å². The number of fused-ring (bicyclic) bond motifs is 1. The summed E-state index contributed by atoms with van der Waals surface area (Å²) in [6.45, 7) is 4.43. The van der Waals surface area contributed by atoms with Crippen molar-refractivity contribution in [2.24, 2.45) is 5.73 Å². The second-order valence-electron chi connectivity index (χ2n) is 4.32. The Morgan fingerprint density at radius 3 is 3.19 bits per heavy atom. The van der Waals surface area contributed by atoms with E-state index in [0.29, 0.717) is 11.0 Å². The Labute approximate surface area is 106 Å². The maximum absolute atomic E-state index is 5.66. The molecule has 1 unspecified atom stereocenters. The van der Waals surface area contributed by atoms with Gasteiger partial charge in [0.05, 0.1) is 4.99 Å². The zero-order chi connectivity index (χ0) is 11.5. The molecule has 0 aliphatic carbocycles. The Bertz CT molecular complexity index is 373. The van der Waals surface area contributed by atoms with Crippen molar-refractivity contribution in [1.29, 1.82) is 0 Å². The van der Waals surface area contributed by atoms with Gasteiger partial charge >= 0.3 is 0 Å². The molecule has 2 N–H and O–H groups in total. The molecule has 88 valence electrons. The molecule has 1 aromatic rings. The molecule has 4 heteroatoms. The summed E-state index contributed by atoms with van der Waals surface area (Å²) < 4.78 is 0. The van der Waals surface area contributed by atoms with E-state index in [1.807, 2.05) is 11.3 Å². The molecule has 1 aliphatic heterocycles. The van der Waals surface area contributed by atoms with Gasteiger partial charge in [0.1, 0.15) is 0 Å². The topological polar surface area (TPSA) is 29.3 Å². The molecule has 0 fully saturated rings. The zero-order valence-electron chi connectivity index (χ0n) is 9.61. The van der Waals surface area contributed by atoms with Gasteiger partial charge in [-0.15, -0.1) is 11.3 Å². The predicted molar refractivity (Wildman–Crippen MR) is 73.9 cm³/mol. The summed E-state index contributed by atoms with van der Waals surface area (Å²) in [5.41, 5.74) is 7.15. The molecule has 0 bridgehead atoms. The van der Waals surface area contributed by atoms with Crippen LogP contribution in [0, 0.1) is 0 Å². The fourth-order valence-electron chi connectivity index (χ4n) is 2.35. The standard InChI is InChI=1S/C12H18N2S2/c1-2-10(7-12(13)15)14-5-3-11-9(8-14)4-6-16-11/h4,6,10H,2-3,5,7-8H2,1H3,(H2,13,15). The van der Waals surface area contributed by atoms with Crippen molar-refractivity contribution >= 4 is 28.5 Å². The summed E-state index contributed by atoms with van der Waals surface area (Å²) in [7, 11) is 0. The molecule has 0 radical (unpaired) electrons. The van der Waals surface area contributed by atoms with E-state index in [1.165, 1.54) is 12.0 Å². The fraction of sp³-hybridized carbons (Fsp3) is 0.583. The molecule has 1 aromatic heterocycles. The van der Waals surface area contributed by atoms with Crippen molar-refractivity contribution in [2.45, 2.75) is 38.8 Å². The Morgan fingerprint density at radius 2 is 2.50 bits per heavy atom. The minimum atomic E-state index is 0.519. The molecule has 1 aliphatic rings. The summed E-state index contributed by atoms with van der Waals surface area (Å²) in [6.07, 6.45) is 3.16. The number of thiophene rings is 1. The third-order valence-corrected chi connectivity index (χ3v) is 4.45. The maximum Gasteiger partial charge on any atom is 0.0743 e. The predicted octanol–water partition coefficient (Wildman–Crippen LogP) is 2.56. The number of nitrogens with zero attached hydrogens (tertiary/aromatic N) is 1. The van der Waals surface area contributed by atoms with Crippen LogP contribution in [0.3, 0.4) is 0 Å². The van der Waals surface area contributed by atoms with Crippen LogP contribution in [-0.4, -0.2) is 22.5 Å². The van der Waals surface area contributed by atoms with Gasteiger partial charge in [-0.1, -0.05) is 19.1 Å². The maximum atomic E-state index is 5.66. The lowest BCUT2D eigenvalue weighted by Gasteiger charge is -2.33. The number of nitrogens with two attached hydrogens (primary N) is 1. The van der Waals surface area contributed by atoms with Gasteiger partial charge in [0.15, 0.2) is 0 Å². The highest BCUT2D eigenvalue weighted by atomic mass is 32.1. The Hall–Kier alpha value is -0.450. The zero-order valence-corrected chi connectivity index (χ0v) is 11.2. The first kappa shape index (κ1) is 12.0. The quantitative estimate of drug-likeness (QED) is 0.837. The van der Waals surface area contributed by atoms with Crippen molar-refractivity contribution < 1.29 is 0 Å². The molecule has 2 rings (SSSR count). The van der Waals surface area contributed by atoms with Crippen molar-refractivity contribution in [3.8, 4) is 0 Å². The number of rotatable bonds is 4. The van der Waals surface area contributed by atoms with Crippen LogP contribution >= 0.6 is 23.6 Å². The largest absolute Gasteiger partial charge is 0.393 e. The molecule has 0 saturated heterocycles.